The van der Waals surface area contributed by atoms with Gasteiger partial charge < -0.3 is 19.8 Å². The van der Waals surface area contributed by atoms with Gasteiger partial charge >= 0.3 is 0 Å². The second kappa shape index (κ2) is 8.08. The molecule has 1 aliphatic carbocycles. The highest BCUT2D eigenvalue weighted by Crippen LogP contribution is 2.28. The van der Waals surface area contributed by atoms with Gasteiger partial charge in [-0.15, -0.1) is 0 Å². The molecular weight excluding hydrogens is 328 g/mol. The maximum absolute atomic E-state index is 11.7. The van der Waals surface area contributed by atoms with Crippen LogP contribution in [0.15, 0.2) is 18.3 Å². The van der Waals surface area contributed by atoms with Gasteiger partial charge in [0.1, 0.15) is 5.82 Å². The van der Waals surface area contributed by atoms with Crippen LogP contribution >= 0.6 is 0 Å². The number of hydrogen-bond acceptors (Lipinski definition) is 4. The van der Waals surface area contributed by atoms with Gasteiger partial charge in [0.2, 0.25) is 0 Å². The number of unbranched alkanes of at least 4 members (excludes halogenated alkanes) is 1. The number of hydrogen-bond donors (Lipinski definition) is 1. The maximum Gasteiger partial charge on any atom is 0.252 e. The third-order valence-electron chi connectivity index (χ3n) is 5.47. The van der Waals surface area contributed by atoms with Crippen molar-refractivity contribution in [3.05, 3.63) is 29.6 Å². The number of aromatic nitrogens is 2. The highest BCUT2D eigenvalue weighted by atomic mass is 16.5. The van der Waals surface area contributed by atoms with Crippen molar-refractivity contribution in [1.82, 2.24) is 9.38 Å². The number of primary amides is 1. The monoisotopic (exact) mass is 358 g/mol. The van der Waals surface area contributed by atoms with Gasteiger partial charge in [-0.3, -0.25) is 4.79 Å². The summed E-state index contributed by atoms with van der Waals surface area (Å²) in [6.07, 6.45) is 8.96. The van der Waals surface area contributed by atoms with Crippen LogP contribution in [0.5, 0.6) is 0 Å². The molecule has 6 heteroatoms. The van der Waals surface area contributed by atoms with E-state index in [1.54, 1.807) is 6.07 Å². The quantitative estimate of drug-likeness (QED) is 0.771. The van der Waals surface area contributed by atoms with Crippen molar-refractivity contribution >= 4 is 17.4 Å². The van der Waals surface area contributed by atoms with Crippen LogP contribution in [0.3, 0.4) is 0 Å². The van der Waals surface area contributed by atoms with E-state index in [2.05, 4.69) is 24.9 Å². The zero-order chi connectivity index (χ0) is 18.7. The molecule has 26 heavy (non-hydrogen) atoms. The van der Waals surface area contributed by atoms with E-state index in [-0.39, 0.29) is 0 Å². The number of aryl methyl sites for hydroxylation is 1. The molecule has 0 atom stereocenters. The molecule has 2 aromatic heterocycles. The maximum atomic E-state index is 11.7. The molecule has 3 rings (SSSR count). The van der Waals surface area contributed by atoms with Gasteiger partial charge in [0.05, 0.1) is 11.7 Å². The van der Waals surface area contributed by atoms with Crippen LogP contribution in [-0.4, -0.2) is 41.1 Å². The number of carbonyl (C=O) groups is 1. The molecular formula is C20H30N4O2. The number of anilines is 1. The lowest BCUT2D eigenvalue weighted by molar-refractivity contribution is 0.0234. The molecule has 0 radical (unpaired) electrons. The summed E-state index contributed by atoms with van der Waals surface area (Å²) in [7, 11) is 2.09. The Bertz CT molecular complexity index is 763. The first kappa shape index (κ1) is 18.7. The molecule has 1 aliphatic rings. The Balaban J connectivity index is 1.71. The van der Waals surface area contributed by atoms with E-state index in [1.807, 2.05) is 17.5 Å². The molecule has 2 heterocycles. The summed E-state index contributed by atoms with van der Waals surface area (Å²) in [6, 6.07) is 4.25. The van der Waals surface area contributed by atoms with Crippen molar-refractivity contribution in [1.29, 1.82) is 0 Å². The number of amides is 1. The largest absolute Gasteiger partial charge is 0.378 e. The lowest BCUT2D eigenvalue weighted by Crippen LogP contribution is -2.37. The predicted octanol–water partition coefficient (Wildman–Crippen LogP) is 3.31. The van der Waals surface area contributed by atoms with E-state index >= 15 is 0 Å². The number of ether oxygens (including phenoxy) is 1. The van der Waals surface area contributed by atoms with Crippen molar-refractivity contribution < 1.29 is 9.53 Å². The molecule has 0 saturated heterocycles. The first-order valence-corrected chi connectivity index (χ1v) is 9.64. The Hall–Kier alpha value is -2.08. The number of fused-ring (bicyclic) bond motifs is 1. The molecule has 1 saturated carbocycles. The van der Waals surface area contributed by atoms with Gasteiger partial charge in [0, 0.05) is 37.7 Å². The summed E-state index contributed by atoms with van der Waals surface area (Å²) in [6.45, 7) is 5.09. The van der Waals surface area contributed by atoms with Gasteiger partial charge in [-0.2, -0.15) is 0 Å². The van der Waals surface area contributed by atoms with Crippen LogP contribution in [0.1, 0.15) is 61.5 Å². The van der Waals surface area contributed by atoms with Crippen molar-refractivity contribution in [2.24, 2.45) is 5.73 Å². The molecule has 0 aliphatic heterocycles. The fourth-order valence-corrected chi connectivity index (χ4v) is 3.77. The van der Waals surface area contributed by atoms with Gasteiger partial charge in [-0.25, -0.2) is 4.98 Å². The molecule has 2 aromatic rings. The van der Waals surface area contributed by atoms with Crippen molar-refractivity contribution in [3.63, 3.8) is 0 Å². The fraction of sp³-hybridized carbons (Fsp3) is 0.600. The van der Waals surface area contributed by atoms with E-state index in [4.69, 9.17) is 15.5 Å². The lowest BCUT2D eigenvalue weighted by atomic mass is 9.92. The minimum atomic E-state index is -0.441. The van der Waals surface area contributed by atoms with Gasteiger partial charge in [0.15, 0.2) is 5.65 Å². The Morgan fingerprint density at radius 2 is 2.12 bits per heavy atom. The first-order chi connectivity index (χ1) is 12.5. The topological polar surface area (TPSA) is 72.9 Å². The molecule has 0 bridgehead atoms. The minimum absolute atomic E-state index is 0.399. The van der Waals surface area contributed by atoms with Crippen LogP contribution in [0, 0.1) is 6.92 Å². The SMILES string of the molecule is CCCCOC1CCC(N(C)c2cc(C)n3ccc(C(N)=O)c3n2)CC1. The molecule has 0 unspecified atom stereocenters. The zero-order valence-electron chi connectivity index (χ0n) is 16.1. The van der Waals surface area contributed by atoms with Crippen molar-refractivity contribution in [2.45, 2.75) is 64.5 Å². The fourth-order valence-electron chi connectivity index (χ4n) is 3.77. The third kappa shape index (κ3) is 3.85. The van der Waals surface area contributed by atoms with Crippen LogP contribution < -0.4 is 10.6 Å². The Labute approximate surface area is 155 Å². The second-order valence-corrected chi connectivity index (χ2v) is 7.31. The molecule has 2 N–H and O–H groups in total. The summed E-state index contributed by atoms with van der Waals surface area (Å²) < 4.78 is 7.89. The molecule has 0 aromatic carbocycles. The second-order valence-electron chi connectivity index (χ2n) is 7.31. The van der Waals surface area contributed by atoms with E-state index in [1.165, 1.54) is 6.42 Å². The molecule has 6 nitrogen and oxygen atoms in total. The zero-order valence-corrected chi connectivity index (χ0v) is 16.1. The molecule has 1 fully saturated rings. The van der Waals surface area contributed by atoms with Crippen LogP contribution in [0.4, 0.5) is 5.82 Å². The Morgan fingerprint density at radius 3 is 2.77 bits per heavy atom. The summed E-state index contributed by atoms with van der Waals surface area (Å²) in [5.74, 6) is 0.454. The number of carbonyl (C=O) groups excluding carboxylic acids is 1. The van der Waals surface area contributed by atoms with Crippen molar-refractivity contribution in [2.75, 3.05) is 18.6 Å². The average molecular weight is 358 g/mol. The van der Waals surface area contributed by atoms with E-state index in [0.29, 0.717) is 23.4 Å². The minimum Gasteiger partial charge on any atom is -0.378 e. The number of nitrogens with zero attached hydrogens (tertiary/aromatic N) is 3. The normalized spacial score (nSPS) is 20.4. The van der Waals surface area contributed by atoms with Gasteiger partial charge in [-0.1, -0.05) is 13.3 Å². The molecule has 1 amide bonds. The molecule has 142 valence electrons. The predicted molar refractivity (Wildman–Crippen MR) is 104 cm³/mol. The Morgan fingerprint density at radius 1 is 1.38 bits per heavy atom. The molecule has 0 spiro atoms. The van der Waals surface area contributed by atoms with E-state index in [9.17, 15) is 4.79 Å². The highest BCUT2D eigenvalue weighted by molar-refractivity contribution is 5.99. The Kier molecular flexibility index (Phi) is 5.81. The average Bonchev–Trinajstić information content (AvgIpc) is 3.07. The van der Waals surface area contributed by atoms with E-state index < -0.39 is 5.91 Å². The highest BCUT2D eigenvalue weighted by Gasteiger charge is 2.26. The van der Waals surface area contributed by atoms with Crippen LogP contribution in [-0.2, 0) is 4.74 Å². The summed E-state index contributed by atoms with van der Waals surface area (Å²) in [5, 5.41) is 0. The standard InChI is InChI=1S/C20H30N4O2/c1-4-5-12-26-16-8-6-15(7-9-16)23(3)18-13-14(2)24-11-10-17(19(21)25)20(24)22-18/h10-11,13,15-16H,4-9,12H2,1-3H3,(H2,21,25). The van der Waals surface area contributed by atoms with Crippen LogP contribution in [0.25, 0.3) is 5.65 Å². The van der Waals surface area contributed by atoms with Gasteiger partial charge in [-0.05, 0) is 45.1 Å². The summed E-state index contributed by atoms with van der Waals surface area (Å²) in [5.41, 5.74) is 7.64. The third-order valence-corrected chi connectivity index (χ3v) is 5.47. The van der Waals surface area contributed by atoms with E-state index in [0.717, 1.165) is 50.2 Å². The number of rotatable bonds is 7. The van der Waals surface area contributed by atoms with Crippen LogP contribution in [0.2, 0.25) is 0 Å². The smallest absolute Gasteiger partial charge is 0.252 e. The summed E-state index contributed by atoms with van der Waals surface area (Å²) >= 11 is 0. The van der Waals surface area contributed by atoms with Gasteiger partial charge in [0.25, 0.3) is 5.91 Å². The summed E-state index contributed by atoms with van der Waals surface area (Å²) in [4.78, 5) is 18.6. The van der Waals surface area contributed by atoms with Crippen molar-refractivity contribution in [3.8, 4) is 0 Å². The number of nitrogens with two attached hydrogens (primary N) is 1. The first-order valence-electron chi connectivity index (χ1n) is 9.64. The lowest BCUT2D eigenvalue weighted by Gasteiger charge is -2.35.